The minimum absolute atomic E-state index is 0.0309. The lowest BCUT2D eigenvalue weighted by molar-refractivity contribution is -0.145. The average Bonchev–Trinajstić information content (AvgIpc) is 2.59. The summed E-state index contributed by atoms with van der Waals surface area (Å²) in [4.78, 5) is 19.3. The van der Waals surface area contributed by atoms with Gasteiger partial charge in [0, 0.05) is 11.6 Å². The summed E-state index contributed by atoms with van der Waals surface area (Å²) in [6.45, 7) is 1.62. The van der Waals surface area contributed by atoms with Gasteiger partial charge in [-0.25, -0.2) is 9.78 Å². The molecule has 0 aliphatic carbocycles. The molecule has 0 fully saturated rings. The highest BCUT2D eigenvalue weighted by molar-refractivity contribution is 6.33. The molecule has 0 saturated carbocycles. The van der Waals surface area contributed by atoms with Gasteiger partial charge in [0.15, 0.2) is 18.1 Å². The molecule has 10 heteroatoms. The largest absolute Gasteiger partial charge is 0.493 e. The number of hydrogen-bond acceptors (Lipinski definition) is 9. The maximum Gasteiger partial charge on any atom is 0.344 e. The first-order chi connectivity index (χ1) is 12.4. The van der Waals surface area contributed by atoms with E-state index in [0.29, 0.717) is 5.56 Å². The van der Waals surface area contributed by atoms with Crippen LogP contribution in [0.4, 0.5) is 11.8 Å². The molecule has 0 aliphatic heterocycles. The molecule has 0 amide bonds. The molecular formula is C16H16ClN5O4. The van der Waals surface area contributed by atoms with Crippen molar-refractivity contribution in [2.45, 2.75) is 6.92 Å². The van der Waals surface area contributed by atoms with Crippen LogP contribution in [-0.2, 0) is 9.53 Å². The van der Waals surface area contributed by atoms with E-state index in [0.717, 1.165) is 0 Å². The first-order valence-electron chi connectivity index (χ1n) is 7.40. The number of nitrogen functional groups attached to an aromatic ring is 2. The minimum Gasteiger partial charge on any atom is -0.493 e. The third-order valence-electron chi connectivity index (χ3n) is 3.23. The molecule has 0 radical (unpaired) electrons. The van der Waals surface area contributed by atoms with E-state index in [9.17, 15) is 10.1 Å². The van der Waals surface area contributed by atoms with Gasteiger partial charge >= 0.3 is 5.97 Å². The van der Waals surface area contributed by atoms with Crippen molar-refractivity contribution in [1.29, 1.82) is 5.26 Å². The molecular weight excluding hydrogens is 362 g/mol. The van der Waals surface area contributed by atoms with Crippen LogP contribution in [0.25, 0.3) is 11.3 Å². The maximum atomic E-state index is 11.4. The Kier molecular flexibility index (Phi) is 6.03. The molecule has 1 heterocycles. The second-order valence-electron chi connectivity index (χ2n) is 4.88. The summed E-state index contributed by atoms with van der Waals surface area (Å²) >= 11 is 6.30. The molecule has 0 bridgehead atoms. The monoisotopic (exact) mass is 377 g/mol. The number of aromatic nitrogens is 2. The van der Waals surface area contributed by atoms with Crippen molar-refractivity contribution in [3.63, 3.8) is 0 Å². The van der Waals surface area contributed by atoms with Crippen molar-refractivity contribution in [2.75, 3.05) is 31.8 Å². The van der Waals surface area contributed by atoms with E-state index in [4.69, 9.17) is 37.3 Å². The van der Waals surface area contributed by atoms with Crippen molar-refractivity contribution >= 4 is 29.3 Å². The number of nitrogens with zero attached hydrogens (tertiary/aromatic N) is 3. The zero-order valence-electron chi connectivity index (χ0n) is 14.1. The number of nitriles is 1. The summed E-state index contributed by atoms with van der Waals surface area (Å²) in [5, 5.41) is 9.51. The third kappa shape index (κ3) is 4.04. The second-order valence-corrected chi connectivity index (χ2v) is 5.29. The molecule has 1 aromatic heterocycles. The highest BCUT2D eigenvalue weighted by Gasteiger charge is 2.19. The quantitative estimate of drug-likeness (QED) is 0.718. The number of carbonyl (C=O) groups excluding carboxylic acids is 1. The van der Waals surface area contributed by atoms with Crippen LogP contribution in [0.5, 0.6) is 11.5 Å². The van der Waals surface area contributed by atoms with Gasteiger partial charge in [-0.3, -0.25) is 0 Å². The van der Waals surface area contributed by atoms with Crippen molar-refractivity contribution in [2.24, 2.45) is 0 Å². The molecule has 0 spiro atoms. The number of benzene rings is 1. The number of ether oxygens (including phenoxy) is 3. The van der Waals surface area contributed by atoms with Gasteiger partial charge in [0.25, 0.3) is 0 Å². The van der Waals surface area contributed by atoms with Gasteiger partial charge in [-0.05, 0) is 13.0 Å². The summed E-state index contributed by atoms with van der Waals surface area (Å²) in [7, 11) is 1.41. The molecule has 26 heavy (non-hydrogen) atoms. The Labute approximate surface area is 154 Å². The zero-order valence-corrected chi connectivity index (χ0v) is 14.8. The molecule has 2 rings (SSSR count). The lowest BCUT2D eigenvalue weighted by atomic mass is 10.1. The highest BCUT2D eigenvalue weighted by Crippen LogP contribution is 2.39. The molecule has 0 aliphatic rings. The summed E-state index contributed by atoms with van der Waals surface area (Å²) in [6, 6.07) is 4.87. The van der Waals surface area contributed by atoms with E-state index < -0.39 is 5.97 Å². The summed E-state index contributed by atoms with van der Waals surface area (Å²) in [5.41, 5.74) is 11.9. The number of rotatable bonds is 6. The van der Waals surface area contributed by atoms with Gasteiger partial charge in [-0.15, -0.1) is 0 Å². The Morgan fingerprint density at radius 1 is 1.31 bits per heavy atom. The van der Waals surface area contributed by atoms with Crippen molar-refractivity contribution < 1.29 is 19.0 Å². The molecule has 2 aromatic rings. The number of halogens is 1. The fourth-order valence-corrected chi connectivity index (χ4v) is 2.37. The van der Waals surface area contributed by atoms with Crippen molar-refractivity contribution in [3.8, 4) is 28.8 Å². The molecule has 136 valence electrons. The fourth-order valence-electron chi connectivity index (χ4n) is 2.13. The molecule has 0 unspecified atom stereocenters. The number of nitrogens with two attached hydrogens (primary N) is 2. The Morgan fingerprint density at radius 2 is 2.04 bits per heavy atom. The number of carbonyl (C=O) groups is 1. The molecule has 0 atom stereocenters. The fraction of sp³-hybridized carbons (Fsp3) is 0.250. The predicted octanol–water partition coefficient (Wildman–Crippen LogP) is 1.78. The van der Waals surface area contributed by atoms with Gasteiger partial charge in [0.1, 0.15) is 17.5 Å². The van der Waals surface area contributed by atoms with Crippen LogP contribution in [0.15, 0.2) is 12.1 Å². The standard InChI is InChI=1S/C16H16ClN5O4/c1-3-25-13(23)7-26-12-5-10(17)8(4-11(12)24-2)14-9(6-18)15(19)22-16(20)21-14/h4-5H,3,7H2,1-2H3,(H4,19,20,21,22). The van der Waals surface area contributed by atoms with E-state index in [1.54, 1.807) is 6.92 Å². The maximum absolute atomic E-state index is 11.4. The predicted molar refractivity (Wildman–Crippen MR) is 94.7 cm³/mol. The van der Waals surface area contributed by atoms with Crippen LogP contribution < -0.4 is 20.9 Å². The third-order valence-corrected chi connectivity index (χ3v) is 3.54. The van der Waals surface area contributed by atoms with Crippen LogP contribution in [0, 0.1) is 11.3 Å². The summed E-state index contributed by atoms with van der Waals surface area (Å²) in [5.74, 6) is -0.198. The smallest absolute Gasteiger partial charge is 0.344 e. The van der Waals surface area contributed by atoms with Gasteiger partial charge in [0.2, 0.25) is 5.95 Å². The van der Waals surface area contributed by atoms with E-state index in [1.807, 2.05) is 6.07 Å². The topological polar surface area (TPSA) is 146 Å². The van der Waals surface area contributed by atoms with Crippen LogP contribution in [0.1, 0.15) is 12.5 Å². The zero-order chi connectivity index (χ0) is 19.3. The minimum atomic E-state index is -0.530. The highest BCUT2D eigenvalue weighted by atomic mass is 35.5. The Morgan fingerprint density at radius 3 is 2.65 bits per heavy atom. The SMILES string of the molecule is CCOC(=O)COc1cc(Cl)c(-c2nc(N)nc(N)c2C#N)cc1OC. The van der Waals surface area contributed by atoms with Crippen molar-refractivity contribution in [1.82, 2.24) is 9.97 Å². The number of methoxy groups -OCH3 is 1. The summed E-state index contributed by atoms with van der Waals surface area (Å²) in [6.07, 6.45) is 0. The Balaban J connectivity index is 2.47. The molecule has 9 nitrogen and oxygen atoms in total. The first kappa shape index (κ1) is 19.1. The lowest BCUT2D eigenvalue weighted by Crippen LogP contribution is -2.15. The van der Waals surface area contributed by atoms with Crippen LogP contribution in [0.3, 0.4) is 0 Å². The van der Waals surface area contributed by atoms with E-state index in [2.05, 4.69) is 9.97 Å². The molecule has 0 saturated heterocycles. The second kappa shape index (κ2) is 8.22. The normalized spacial score (nSPS) is 10.1. The Hall–Kier alpha value is -3.25. The van der Waals surface area contributed by atoms with Gasteiger partial charge in [-0.1, -0.05) is 11.6 Å². The van der Waals surface area contributed by atoms with Crippen LogP contribution >= 0.6 is 11.6 Å². The van der Waals surface area contributed by atoms with Gasteiger partial charge in [-0.2, -0.15) is 10.2 Å². The lowest BCUT2D eigenvalue weighted by Gasteiger charge is -2.14. The van der Waals surface area contributed by atoms with Crippen LogP contribution in [-0.4, -0.2) is 36.3 Å². The number of anilines is 2. The first-order valence-corrected chi connectivity index (χ1v) is 7.78. The number of hydrogen-bond donors (Lipinski definition) is 2. The van der Waals surface area contributed by atoms with E-state index >= 15 is 0 Å². The Bertz CT molecular complexity index is 882. The van der Waals surface area contributed by atoms with Gasteiger partial charge < -0.3 is 25.7 Å². The van der Waals surface area contributed by atoms with Gasteiger partial charge in [0.05, 0.1) is 24.4 Å². The number of esters is 1. The summed E-state index contributed by atoms with van der Waals surface area (Å²) < 4.78 is 15.4. The van der Waals surface area contributed by atoms with E-state index in [-0.39, 0.29) is 52.8 Å². The van der Waals surface area contributed by atoms with Crippen LogP contribution in [0.2, 0.25) is 5.02 Å². The van der Waals surface area contributed by atoms with Crippen molar-refractivity contribution in [3.05, 3.63) is 22.7 Å². The molecule has 4 N–H and O–H groups in total. The average molecular weight is 378 g/mol. The van der Waals surface area contributed by atoms with E-state index in [1.165, 1.54) is 19.2 Å². The molecule has 1 aromatic carbocycles.